The van der Waals surface area contributed by atoms with Crippen molar-refractivity contribution in [2.75, 3.05) is 29.8 Å². The Labute approximate surface area is 166 Å². The number of sulfonamides is 1. The normalized spacial score (nSPS) is 15.1. The first kappa shape index (κ1) is 22.4. The third-order valence-electron chi connectivity index (χ3n) is 3.92. The van der Waals surface area contributed by atoms with Crippen molar-refractivity contribution in [2.45, 2.75) is 20.3 Å². The van der Waals surface area contributed by atoms with E-state index >= 15 is 0 Å². The van der Waals surface area contributed by atoms with Crippen molar-refractivity contribution in [2.24, 2.45) is 5.92 Å². The first-order valence-corrected chi connectivity index (χ1v) is 12.4. The van der Waals surface area contributed by atoms with E-state index in [1.54, 1.807) is 6.07 Å². The third kappa shape index (κ3) is 7.27. The van der Waals surface area contributed by atoms with Crippen LogP contribution in [0.1, 0.15) is 25.8 Å². The van der Waals surface area contributed by atoms with Gasteiger partial charge in [-0.25, -0.2) is 8.42 Å². The molecule has 0 atom stereocenters. The lowest BCUT2D eigenvalue weighted by Gasteiger charge is -2.14. The summed E-state index contributed by atoms with van der Waals surface area (Å²) in [5.74, 6) is 0.223. The highest BCUT2D eigenvalue weighted by Gasteiger charge is 2.15. The molecule has 0 saturated carbocycles. The van der Waals surface area contributed by atoms with Crippen LogP contribution in [0.2, 0.25) is 0 Å². The molecule has 1 aliphatic heterocycles. The van der Waals surface area contributed by atoms with Gasteiger partial charge in [-0.1, -0.05) is 19.9 Å². The van der Waals surface area contributed by atoms with Crippen LogP contribution in [0.3, 0.4) is 0 Å². The van der Waals surface area contributed by atoms with E-state index in [1.807, 2.05) is 32.2 Å². The number of rotatable bonds is 5. The Morgan fingerprint density at radius 1 is 1.21 bits per heavy atom. The third-order valence-corrected chi connectivity index (χ3v) is 5.57. The molecule has 4 N–H and O–H groups in total. The Balaban J connectivity index is 0.000000500. The molecule has 1 aliphatic rings. The van der Waals surface area contributed by atoms with Crippen LogP contribution in [0, 0.1) is 5.92 Å². The number of benzene rings is 1. The molecule has 0 saturated heterocycles. The van der Waals surface area contributed by atoms with Crippen molar-refractivity contribution in [1.29, 1.82) is 0 Å². The second-order valence-corrected chi connectivity index (χ2v) is 10.4. The summed E-state index contributed by atoms with van der Waals surface area (Å²) in [6.45, 7) is 5.65. The molecule has 0 spiro atoms. The minimum atomic E-state index is -3.67. The van der Waals surface area contributed by atoms with Crippen molar-refractivity contribution < 1.29 is 21.4 Å². The molecule has 0 amide bonds. The summed E-state index contributed by atoms with van der Waals surface area (Å²) in [5.41, 5.74) is 4.10. The summed E-state index contributed by atoms with van der Waals surface area (Å²) in [5, 5.41) is 4.37. The first-order chi connectivity index (χ1) is 12.9. The molecule has 156 valence electrons. The smallest absolute Gasteiger partial charge is 0.261 e. The van der Waals surface area contributed by atoms with Crippen molar-refractivity contribution in [3.63, 3.8) is 0 Å². The summed E-state index contributed by atoms with van der Waals surface area (Å²) in [6, 6.07) is 5.65. The minimum Gasteiger partial charge on any atom is -0.361 e. The van der Waals surface area contributed by atoms with Gasteiger partial charge in [0.1, 0.15) is 0 Å². The monoisotopic (exact) mass is 429 g/mol. The predicted octanol–water partition coefficient (Wildman–Crippen LogP) is 2.45. The van der Waals surface area contributed by atoms with Gasteiger partial charge in [0.15, 0.2) is 0 Å². The van der Waals surface area contributed by atoms with E-state index in [2.05, 4.69) is 21.1 Å². The summed E-state index contributed by atoms with van der Waals surface area (Å²) in [7, 11) is -6.97. The number of anilines is 1. The standard InChI is InChI=1S/C17H23N3O2S.CH4O3S/c1-12(2)11-23(21,22)20-14-3-4-17-15(9-14)16(10-19-17)13-5-7-18-8-6-13;1-5(2,3)4/h3-5,9-10,12,18-20H,6-8,11H2,1-2H3;1H3,(H,2,3,4). The Bertz CT molecular complexity index is 1050. The SMILES string of the molecule is CC(C)CS(=O)(=O)Nc1ccc2[nH]cc(C3=CCNCC3)c2c1.CS(=O)(=O)O. The quantitative estimate of drug-likeness (QED) is 0.541. The Morgan fingerprint density at radius 2 is 1.89 bits per heavy atom. The van der Waals surface area contributed by atoms with E-state index in [0.717, 1.165) is 36.0 Å². The zero-order valence-corrected chi connectivity index (χ0v) is 17.8. The fourth-order valence-electron chi connectivity index (χ4n) is 2.98. The molecule has 3 rings (SSSR count). The van der Waals surface area contributed by atoms with Crippen LogP contribution in [0.15, 0.2) is 30.5 Å². The lowest BCUT2D eigenvalue weighted by molar-refractivity contribution is 0.490. The summed E-state index contributed by atoms with van der Waals surface area (Å²) >= 11 is 0. The van der Waals surface area contributed by atoms with E-state index in [4.69, 9.17) is 4.55 Å². The molecule has 1 aromatic heterocycles. The van der Waals surface area contributed by atoms with Gasteiger partial charge in [-0.05, 0) is 42.7 Å². The van der Waals surface area contributed by atoms with Gasteiger partial charge >= 0.3 is 0 Å². The molecule has 28 heavy (non-hydrogen) atoms. The molecule has 0 radical (unpaired) electrons. The molecule has 8 nitrogen and oxygen atoms in total. The molecule has 2 heterocycles. The minimum absolute atomic E-state index is 0.0962. The maximum absolute atomic E-state index is 12.1. The maximum atomic E-state index is 12.1. The van der Waals surface area contributed by atoms with E-state index < -0.39 is 20.1 Å². The number of fused-ring (bicyclic) bond motifs is 1. The molecule has 0 aliphatic carbocycles. The van der Waals surface area contributed by atoms with E-state index in [9.17, 15) is 16.8 Å². The summed E-state index contributed by atoms with van der Waals surface area (Å²) < 4.78 is 52.8. The van der Waals surface area contributed by atoms with Crippen LogP contribution in [-0.4, -0.2) is 51.5 Å². The number of hydrogen-bond acceptors (Lipinski definition) is 5. The molecule has 0 bridgehead atoms. The van der Waals surface area contributed by atoms with Gasteiger partial charge in [-0.15, -0.1) is 0 Å². The molecular weight excluding hydrogens is 402 g/mol. The Morgan fingerprint density at radius 3 is 2.46 bits per heavy atom. The van der Waals surface area contributed by atoms with E-state index in [1.165, 1.54) is 5.57 Å². The average Bonchev–Trinajstić information content (AvgIpc) is 2.95. The lowest BCUT2D eigenvalue weighted by atomic mass is 9.99. The largest absolute Gasteiger partial charge is 0.361 e. The van der Waals surface area contributed by atoms with Gasteiger partial charge < -0.3 is 10.3 Å². The van der Waals surface area contributed by atoms with E-state index in [-0.39, 0.29) is 11.7 Å². The fourth-order valence-corrected chi connectivity index (χ4v) is 4.42. The number of H-pyrrole nitrogens is 1. The van der Waals surface area contributed by atoms with Gasteiger partial charge in [0, 0.05) is 34.9 Å². The Hall–Kier alpha value is -1.88. The van der Waals surface area contributed by atoms with Crippen LogP contribution in [0.25, 0.3) is 16.5 Å². The highest BCUT2D eigenvalue weighted by molar-refractivity contribution is 7.92. The molecule has 10 heteroatoms. The predicted molar refractivity (Wildman–Crippen MR) is 113 cm³/mol. The maximum Gasteiger partial charge on any atom is 0.261 e. The van der Waals surface area contributed by atoms with Crippen molar-refractivity contribution in [3.8, 4) is 0 Å². The molecule has 0 unspecified atom stereocenters. The topological polar surface area (TPSA) is 128 Å². The molecular formula is C18H27N3O5S2. The van der Waals surface area contributed by atoms with Crippen LogP contribution in [0.4, 0.5) is 5.69 Å². The zero-order valence-electron chi connectivity index (χ0n) is 16.2. The second kappa shape index (κ2) is 9.08. The van der Waals surface area contributed by atoms with Crippen LogP contribution < -0.4 is 10.0 Å². The number of aromatic nitrogens is 1. The fraction of sp³-hybridized carbons (Fsp3) is 0.444. The van der Waals surface area contributed by atoms with Gasteiger partial charge in [0.05, 0.1) is 12.0 Å². The number of nitrogens with one attached hydrogen (secondary N) is 3. The molecule has 0 fully saturated rings. The van der Waals surface area contributed by atoms with Gasteiger partial charge in [-0.3, -0.25) is 9.27 Å². The number of hydrogen-bond donors (Lipinski definition) is 4. The number of aromatic amines is 1. The summed E-state index contributed by atoms with van der Waals surface area (Å²) in [4.78, 5) is 3.27. The average molecular weight is 430 g/mol. The van der Waals surface area contributed by atoms with Crippen LogP contribution in [-0.2, 0) is 20.1 Å². The van der Waals surface area contributed by atoms with Crippen molar-refractivity contribution in [1.82, 2.24) is 10.3 Å². The van der Waals surface area contributed by atoms with Crippen molar-refractivity contribution in [3.05, 3.63) is 36.0 Å². The second-order valence-electron chi connectivity index (χ2n) is 7.16. The molecule has 2 aromatic rings. The van der Waals surface area contributed by atoms with Crippen molar-refractivity contribution >= 4 is 42.3 Å². The van der Waals surface area contributed by atoms with Gasteiger partial charge in [0.25, 0.3) is 10.1 Å². The first-order valence-electron chi connectivity index (χ1n) is 8.89. The zero-order chi connectivity index (χ0) is 20.9. The van der Waals surface area contributed by atoms with Gasteiger partial charge in [-0.2, -0.15) is 8.42 Å². The van der Waals surface area contributed by atoms with E-state index in [0.29, 0.717) is 11.9 Å². The highest BCUT2D eigenvalue weighted by atomic mass is 32.2. The summed E-state index contributed by atoms with van der Waals surface area (Å²) in [6.07, 6.45) is 5.90. The van der Waals surface area contributed by atoms with Crippen LogP contribution in [0.5, 0.6) is 0 Å². The Kier molecular flexibility index (Phi) is 7.27. The van der Waals surface area contributed by atoms with Crippen LogP contribution >= 0.6 is 0 Å². The molecule has 1 aromatic carbocycles. The lowest BCUT2D eigenvalue weighted by Crippen LogP contribution is -2.20. The van der Waals surface area contributed by atoms with Gasteiger partial charge in [0.2, 0.25) is 10.0 Å². The highest BCUT2D eigenvalue weighted by Crippen LogP contribution is 2.30.